The van der Waals surface area contributed by atoms with E-state index in [1.54, 1.807) is 37.5 Å². The summed E-state index contributed by atoms with van der Waals surface area (Å²) in [5.74, 6) is 0.0895. The third kappa shape index (κ3) is 7.00. The molecule has 3 N–H and O–H groups in total. The van der Waals surface area contributed by atoms with Gasteiger partial charge in [-0.25, -0.2) is 0 Å². The van der Waals surface area contributed by atoms with Gasteiger partial charge in [-0.1, -0.05) is 6.07 Å². The molecule has 0 aromatic heterocycles. The second kappa shape index (κ2) is 10.2. The van der Waals surface area contributed by atoms with Gasteiger partial charge in [0.15, 0.2) is 0 Å². The number of ether oxygens (including phenoxy) is 2. The Morgan fingerprint density at radius 2 is 1.69 bits per heavy atom. The maximum Gasteiger partial charge on any atom is 0.0747 e. The van der Waals surface area contributed by atoms with Crippen LogP contribution in [0.2, 0.25) is 0 Å². The summed E-state index contributed by atoms with van der Waals surface area (Å²) in [6.45, 7) is 0. The number of hydrogen-bond donors (Lipinski definition) is 2. The zero-order chi connectivity index (χ0) is 21.4. The Hall–Kier alpha value is -2.70. The number of nitrogens with two attached hydrogens (primary N) is 1. The molecule has 29 heavy (non-hydrogen) atoms. The van der Waals surface area contributed by atoms with Crippen molar-refractivity contribution in [1.82, 2.24) is 4.72 Å². The maximum absolute atomic E-state index is 12.1. The number of methoxy groups -OCH3 is 2. The molecule has 0 radical (unpaired) electrons. The first-order valence-electron chi connectivity index (χ1n) is 8.48. The molecule has 0 fully saturated rings. The van der Waals surface area contributed by atoms with Crippen LogP contribution in [0.1, 0.15) is 11.1 Å². The van der Waals surface area contributed by atoms with E-state index in [-0.39, 0.29) is 0 Å². The van der Waals surface area contributed by atoms with Crippen molar-refractivity contribution in [2.45, 2.75) is 0 Å². The summed E-state index contributed by atoms with van der Waals surface area (Å²) in [4.78, 5) is 12.0. The minimum atomic E-state index is -3.80. The molecule has 7 nitrogen and oxygen atoms in total. The zero-order valence-electron chi connectivity index (χ0n) is 16.1. The number of nitrogen functional groups attached to an aromatic ring is 1. The second-order valence-corrected chi connectivity index (χ2v) is 9.07. The molecular weight excluding hydrogens is 455 g/mol. The van der Waals surface area contributed by atoms with Crippen molar-refractivity contribution in [2.75, 3.05) is 25.7 Å². The molecule has 0 aliphatic carbocycles. The van der Waals surface area contributed by atoms with Crippen LogP contribution >= 0.6 is 0 Å². The molecule has 1 atom stereocenters. The molecule has 0 aliphatic heterocycles. The predicted octanol–water partition coefficient (Wildman–Crippen LogP) is 0.717. The van der Waals surface area contributed by atoms with Crippen molar-refractivity contribution < 1.29 is 22.7 Å². The van der Waals surface area contributed by atoms with Crippen LogP contribution in [0.5, 0.6) is 11.5 Å². The summed E-state index contributed by atoms with van der Waals surface area (Å²) in [5, 5.41) is 0. The molecule has 9 heteroatoms. The molecule has 0 bridgehead atoms. The van der Waals surface area contributed by atoms with E-state index in [0.29, 0.717) is 17.0 Å². The second-order valence-electron chi connectivity index (χ2n) is 6.01. The fourth-order valence-electron chi connectivity index (χ4n) is 2.41. The SMILES string of the molecule is COc1ccc(/C=C/C(=O)CS(=O)(=O)N/C=C\c2ccc(OC)c([AsH2])c2)cc1N. The molecule has 0 saturated heterocycles. The molecule has 154 valence electrons. The van der Waals surface area contributed by atoms with Gasteiger partial charge in [-0.15, -0.1) is 0 Å². The van der Waals surface area contributed by atoms with E-state index in [4.69, 9.17) is 15.2 Å². The molecule has 0 aliphatic rings. The van der Waals surface area contributed by atoms with Gasteiger partial charge in [0, 0.05) is 0 Å². The normalized spacial score (nSPS) is 11.7. The summed E-state index contributed by atoms with van der Waals surface area (Å²) in [5.41, 5.74) is 7.71. The quantitative estimate of drug-likeness (QED) is 0.313. The molecule has 0 spiro atoms. The number of carbonyl (C=O) groups is 1. The van der Waals surface area contributed by atoms with Crippen LogP contribution in [-0.4, -0.2) is 51.0 Å². The average Bonchev–Trinajstić information content (AvgIpc) is 2.66. The minimum absolute atomic E-state index is 0.427. The van der Waals surface area contributed by atoms with Gasteiger partial charge < -0.3 is 10.5 Å². The van der Waals surface area contributed by atoms with Crippen LogP contribution in [0.3, 0.4) is 0 Å². The summed E-state index contributed by atoms with van der Waals surface area (Å²) in [6.07, 6.45) is 5.62. The number of allylic oxidation sites excluding steroid dienone is 1. The monoisotopic (exact) mass is 478 g/mol. The Kier molecular flexibility index (Phi) is 7.93. The average molecular weight is 478 g/mol. The molecule has 0 amide bonds. The number of benzene rings is 2. The number of anilines is 1. The van der Waals surface area contributed by atoms with Crippen LogP contribution in [0.25, 0.3) is 12.2 Å². The number of rotatable bonds is 9. The van der Waals surface area contributed by atoms with Crippen molar-refractivity contribution in [3.8, 4) is 11.5 Å². The number of ketones is 1. The van der Waals surface area contributed by atoms with E-state index in [1.807, 2.05) is 12.1 Å². The molecule has 0 saturated carbocycles. The molecule has 1 unspecified atom stereocenters. The van der Waals surface area contributed by atoms with Crippen LogP contribution in [0.4, 0.5) is 5.69 Å². The number of hydrogen-bond acceptors (Lipinski definition) is 6. The van der Waals surface area contributed by atoms with Gasteiger partial charge in [-0.2, -0.15) is 0 Å². The van der Waals surface area contributed by atoms with Gasteiger partial charge in [0.1, 0.15) is 5.75 Å². The third-order valence-electron chi connectivity index (χ3n) is 3.82. The number of nitrogens with one attached hydrogen (secondary N) is 1. The van der Waals surface area contributed by atoms with Gasteiger partial charge in [0.2, 0.25) is 0 Å². The standard InChI is InChI=1S/C20H23AsN2O5S/c1-27-19-7-4-15(11-17(19)21)9-10-23-29(25,26)13-16(24)6-3-14-5-8-20(28-2)18(22)12-14/h3-12,23H,13,21-22H2,1-2H3/b6-3+,10-9-. The van der Waals surface area contributed by atoms with Gasteiger partial charge in [0.25, 0.3) is 0 Å². The van der Waals surface area contributed by atoms with Crippen molar-refractivity contribution in [3.05, 3.63) is 59.8 Å². The number of sulfonamides is 1. The summed E-state index contributed by atoms with van der Waals surface area (Å²) in [7, 11) is -0.698. The van der Waals surface area contributed by atoms with Gasteiger partial charge in [-0.3, -0.25) is 0 Å². The summed E-state index contributed by atoms with van der Waals surface area (Å²) >= 11 is 1.40. The summed E-state index contributed by atoms with van der Waals surface area (Å²) < 4.78 is 37.7. The smallest absolute Gasteiger partial charge is 0.0747 e. The van der Waals surface area contributed by atoms with E-state index in [1.165, 1.54) is 42.3 Å². The van der Waals surface area contributed by atoms with Gasteiger partial charge in [0.05, 0.1) is 12.8 Å². The third-order valence-corrected chi connectivity index (χ3v) is 5.93. The van der Waals surface area contributed by atoms with Crippen molar-refractivity contribution >= 4 is 54.8 Å². The molecule has 0 heterocycles. The first-order chi connectivity index (χ1) is 13.7. The van der Waals surface area contributed by atoms with E-state index in [0.717, 1.165) is 15.7 Å². The first kappa shape index (κ1) is 22.6. The minimum Gasteiger partial charge on any atom is -0.396 e. The van der Waals surface area contributed by atoms with Crippen molar-refractivity contribution in [2.24, 2.45) is 0 Å². The van der Waals surface area contributed by atoms with E-state index in [9.17, 15) is 13.2 Å². The fraction of sp³-hybridized carbons (Fsp3) is 0.150. The molecule has 2 aromatic carbocycles. The van der Waals surface area contributed by atoms with E-state index in [2.05, 4.69) is 4.72 Å². The van der Waals surface area contributed by atoms with Crippen molar-refractivity contribution in [3.63, 3.8) is 0 Å². The molecule has 2 aromatic rings. The molecular formula is C20H23AsN2O5S. The largest absolute Gasteiger partial charge is 0.396 e. The van der Waals surface area contributed by atoms with Crippen LogP contribution in [-0.2, 0) is 14.8 Å². The van der Waals surface area contributed by atoms with Crippen LogP contribution in [0, 0.1) is 0 Å². The fourth-order valence-corrected chi connectivity index (χ4v) is 4.10. The Bertz CT molecular complexity index is 1050. The first-order valence-corrected chi connectivity index (χ1v) is 11.3. The van der Waals surface area contributed by atoms with Gasteiger partial charge >= 0.3 is 132 Å². The van der Waals surface area contributed by atoms with E-state index < -0.39 is 21.6 Å². The Morgan fingerprint density at radius 1 is 1.07 bits per heavy atom. The summed E-state index contributed by atoms with van der Waals surface area (Å²) in [6, 6.07) is 10.5. The van der Waals surface area contributed by atoms with Gasteiger partial charge in [-0.05, 0) is 12.1 Å². The molecule has 2 rings (SSSR count). The van der Waals surface area contributed by atoms with Crippen LogP contribution in [0.15, 0.2) is 48.7 Å². The Labute approximate surface area is 179 Å². The Balaban J connectivity index is 1.95. The Morgan fingerprint density at radius 3 is 2.28 bits per heavy atom. The zero-order valence-corrected chi connectivity index (χ0v) is 19.3. The van der Waals surface area contributed by atoms with E-state index >= 15 is 0 Å². The van der Waals surface area contributed by atoms with Crippen molar-refractivity contribution in [1.29, 1.82) is 0 Å². The predicted molar refractivity (Wildman–Crippen MR) is 119 cm³/mol. The maximum atomic E-state index is 12.1. The van der Waals surface area contributed by atoms with Crippen LogP contribution < -0.4 is 24.3 Å². The number of carbonyl (C=O) groups excluding carboxylic acids is 1. The topological polar surface area (TPSA) is 108 Å².